The van der Waals surface area contributed by atoms with Crippen molar-refractivity contribution in [2.45, 2.75) is 12.2 Å². The van der Waals surface area contributed by atoms with Gasteiger partial charge in [-0.15, -0.1) is 0 Å². The summed E-state index contributed by atoms with van der Waals surface area (Å²) in [7, 11) is -3.21. The molecule has 0 bridgehead atoms. The molecule has 1 aromatic heterocycles. The molecule has 0 saturated heterocycles. The minimum atomic E-state index is -3.21. The lowest BCUT2D eigenvalue weighted by atomic mass is 10.3. The second kappa shape index (κ2) is 3.48. The van der Waals surface area contributed by atoms with Crippen LogP contribution in [0.3, 0.4) is 0 Å². The van der Waals surface area contributed by atoms with Crippen LogP contribution in [0.15, 0.2) is 22.6 Å². The van der Waals surface area contributed by atoms with E-state index in [0.717, 1.165) is 6.26 Å². The first-order valence-electron chi connectivity index (χ1n) is 4.73. The highest BCUT2D eigenvalue weighted by atomic mass is 32.2. The van der Waals surface area contributed by atoms with Crippen molar-refractivity contribution in [3.63, 3.8) is 0 Å². The Labute approximate surface area is 93.2 Å². The van der Waals surface area contributed by atoms with Gasteiger partial charge in [-0.3, -0.25) is 0 Å². The second-order valence-electron chi connectivity index (χ2n) is 3.72. The van der Waals surface area contributed by atoms with Crippen molar-refractivity contribution in [3.8, 4) is 0 Å². The van der Waals surface area contributed by atoms with E-state index in [-0.39, 0.29) is 5.89 Å². The van der Waals surface area contributed by atoms with Crippen LogP contribution < -0.4 is 5.73 Å². The molecule has 1 aromatic carbocycles. The zero-order valence-electron chi connectivity index (χ0n) is 8.97. The molecular weight excluding hydrogens is 228 g/mol. The number of para-hydroxylation sites is 1. The standard InChI is InChI=1S/C10H12N2O3S/c1-6(16(2,13)14)10-12-9-7(11)4-3-5-8(9)15-10/h3-6H,11H2,1-2H3. The molecule has 1 heterocycles. The monoisotopic (exact) mass is 240 g/mol. The Kier molecular flexibility index (Phi) is 2.38. The molecule has 0 amide bonds. The number of fused-ring (bicyclic) bond motifs is 1. The number of hydrogen-bond acceptors (Lipinski definition) is 5. The number of benzene rings is 1. The van der Waals surface area contributed by atoms with Crippen molar-refractivity contribution in [1.29, 1.82) is 0 Å². The topological polar surface area (TPSA) is 86.2 Å². The quantitative estimate of drug-likeness (QED) is 0.804. The van der Waals surface area contributed by atoms with Gasteiger partial charge in [-0.05, 0) is 19.1 Å². The predicted molar refractivity (Wildman–Crippen MR) is 61.7 cm³/mol. The molecular formula is C10H12N2O3S. The molecule has 16 heavy (non-hydrogen) atoms. The number of nitrogens with two attached hydrogens (primary N) is 1. The van der Waals surface area contributed by atoms with Gasteiger partial charge in [0.15, 0.2) is 15.4 Å². The molecule has 1 atom stereocenters. The van der Waals surface area contributed by atoms with E-state index < -0.39 is 15.1 Å². The molecule has 2 aromatic rings. The van der Waals surface area contributed by atoms with Crippen LogP contribution in [0.2, 0.25) is 0 Å². The summed E-state index contributed by atoms with van der Waals surface area (Å²) in [6.45, 7) is 1.54. The van der Waals surface area contributed by atoms with Crippen LogP contribution in [-0.2, 0) is 9.84 Å². The molecule has 2 N–H and O–H groups in total. The molecule has 0 aliphatic heterocycles. The molecule has 0 saturated carbocycles. The third-order valence-electron chi connectivity index (χ3n) is 2.46. The lowest BCUT2D eigenvalue weighted by Gasteiger charge is -2.02. The van der Waals surface area contributed by atoms with Crippen LogP contribution in [0.4, 0.5) is 5.69 Å². The zero-order chi connectivity index (χ0) is 11.9. The maximum atomic E-state index is 11.4. The van der Waals surface area contributed by atoms with Crippen molar-refractivity contribution in [3.05, 3.63) is 24.1 Å². The van der Waals surface area contributed by atoms with Crippen LogP contribution in [0.5, 0.6) is 0 Å². The first kappa shape index (κ1) is 10.9. The average Bonchev–Trinajstić information content (AvgIpc) is 2.60. The fraction of sp³-hybridized carbons (Fsp3) is 0.300. The molecule has 86 valence electrons. The van der Waals surface area contributed by atoms with Crippen LogP contribution in [-0.4, -0.2) is 19.7 Å². The Hall–Kier alpha value is -1.56. The minimum Gasteiger partial charge on any atom is -0.439 e. The number of nitrogen functional groups attached to an aromatic ring is 1. The SMILES string of the molecule is CC(c1nc2c(N)cccc2o1)S(C)(=O)=O. The van der Waals surface area contributed by atoms with Gasteiger partial charge in [0.2, 0.25) is 5.89 Å². The Bertz CT molecular complexity index is 631. The van der Waals surface area contributed by atoms with E-state index in [1.807, 2.05) is 0 Å². The summed E-state index contributed by atoms with van der Waals surface area (Å²) in [5, 5.41) is -0.765. The number of anilines is 1. The zero-order valence-corrected chi connectivity index (χ0v) is 9.78. The third-order valence-corrected chi connectivity index (χ3v) is 3.94. The van der Waals surface area contributed by atoms with Gasteiger partial charge in [-0.2, -0.15) is 0 Å². The van der Waals surface area contributed by atoms with Gasteiger partial charge in [0.05, 0.1) is 5.69 Å². The maximum Gasteiger partial charge on any atom is 0.213 e. The van der Waals surface area contributed by atoms with Crippen molar-refractivity contribution >= 4 is 26.6 Å². The molecule has 0 aliphatic rings. The lowest BCUT2D eigenvalue weighted by Crippen LogP contribution is -2.07. The van der Waals surface area contributed by atoms with E-state index in [4.69, 9.17) is 10.2 Å². The van der Waals surface area contributed by atoms with Gasteiger partial charge in [-0.1, -0.05) is 6.07 Å². The van der Waals surface area contributed by atoms with Crippen LogP contribution in [0.25, 0.3) is 11.1 Å². The van der Waals surface area contributed by atoms with E-state index in [1.165, 1.54) is 6.92 Å². The van der Waals surface area contributed by atoms with Gasteiger partial charge >= 0.3 is 0 Å². The average molecular weight is 240 g/mol. The number of hydrogen-bond donors (Lipinski definition) is 1. The first-order valence-corrected chi connectivity index (χ1v) is 6.69. The highest BCUT2D eigenvalue weighted by Gasteiger charge is 2.23. The summed E-state index contributed by atoms with van der Waals surface area (Å²) in [6, 6.07) is 5.13. The van der Waals surface area contributed by atoms with Gasteiger partial charge in [-0.25, -0.2) is 13.4 Å². The highest BCUT2D eigenvalue weighted by Crippen LogP contribution is 2.27. The summed E-state index contributed by atoms with van der Waals surface area (Å²) < 4.78 is 28.1. The molecule has 1 unspecified atom stereocenters. The predicted octanol–water partition coefficient (Wildman–Crippen LogP) is 1.52. The highest BCUT2D eigenvalue weighted by molar-refractivity contribution is 7.90. The van der Waals surface area contributed by atoms with E-state index in [1.54, 1.807) is 18.2 Å². The van der Waals surface area contributed by atoms with Crippen molar-refractivity contribution in [2.75, 3.05) is 12.0 Å². The molecule has 0 radical (unpaired) electrons. The maximum absolute atomic E-state index is 11.4. The van der Waals surface area contributed by atoms with Gasteiger partial charge in [0.1, 0.15) is 10.8 Å². The fourth-order valence-electron chi connectivity index (χ4n) is 1.34. The van der Waals surface area contributed by atoms with E-state index in [9.17, 15) is 8.42 Å². The first-order chi connectivity index (χ1) is 7.39. The van der Waals surface area contributed by atoms with E-state index in [2.05, 4.69) is 4.98 Å². The number of nitrogens with zero attached hydrogens (tertiary/aromatic N) is 1. The third kappa shape index (κ3) is 1.76. The van der Waals surface area contributed by atoms with Crippen LogP contribution in [0.1, 0.15) is 18.1 Å². The molecule has 2 rings (SSSR count). The Morgan fingerprint density at radius 3 is 2.69 bits per heavy atom. The van der Waals surface area contributed by atoms with E-state index >= 15 is 0 Å². The number of oxazole rings is 1. The summed E-state index contributed by atoms with van der Waals surface area (Å²) in [5.41, 5.74) is 7.20. The summed E-state index contributed by atoms with van der Waals surface area (Å²) in [5.74, 6) is 0.176. The molecule has 6 heteroatoms. The van der Waals surface area contributed by atoms with Crippen LogP contribution in [0, 0.1) is 0 Å². The summed E-state index contributed by atoms with van der Waals surface area (Å²) >= 11 is 0. The number of aromatic nitrogens is 1. The lowest BCUT2D eigenvalue weighted by molar-refractivity contribution is 0.515. The number of sulfone groups is 1. The Morgan fingerprint density at radius 1 is 1.44 bits per heavy atom. The molecule has 5 nitrogen and oxygen atoms in total. The van der Waals surface area contributed by atoms with Crippen molar-refractivity contribution < 1.29 is 12.8 Å². The van der Waals surface area contributed by atoms with Gasteiger partial charge < -0.3 is 10.2 Å². The largest absolute Gasteiger partial charge is 0.439 e. The fourth-order valence-corrected chi connectivity index (χ4v) is 1.81. The number of rotatable bonds is 2. The normalized spacial score (nSPS) is 14.1. The van der Waals surface area contributed by atoms with Gasteiger partial charge in [0.25, 0.3) is 0 Å². The molecule has 0 fully saturated rings. The van der Waals surface area contributed by atoms with Gasteiger partial charge in [0, 0.05) is 6.26 Å². The second-order valence-corrected chi connectivity index (χ2v) is 6.08. The Balaban J connectivity index is 2.60. The van der Waals surface area contributed by atoms with Crippen LogP contribution >= 0.6 is 0 Å². The van der Waals surface area contributed by atoms with Crippen molar-refractivity contribution in [1.82, 2.24) is 4.98 Å². The summed E-state index contributed by atoms with van der Waals surface area (Å²) in [4.78, 5) is 4.11. The Morgan fingerprint density at radius 2 is 2.12 bits per heavy atom. The van der Waals surface area contributed by atoms with E-state index in [0.29, 0.717) is 16.8 Å². The van der Waals surface area contributed by atoms with Crippen molar-refractivity contribution in [2.24, 2.45) is 0 Å². The minimum absolute atomic E-state index is 0.176. The summed E-state index contributed by atoms with van der Waals surface area (Å²) in [6.07, 6.45) is 1.15. The molecule has 0 spiro atoms. The molecule has 0 aliphatic carbocycles. The smallest absolute Gasteiger partial charge is 0.213 e.